The maximum Gasteiger partial charge on any atom is 0.306 e. The zero-order valence-corrected chi connectivity index (χ0v) is 42.2. The van der Waals surface area contributed by atoms with E-state index in [-0.39, 0.29) is 19.4 Å². The van der Waals surface area contributed by atoms with Gasteiger partial charge in [-0.1, -0.05) is 163 Å². The van der Waals surface area contributed by atoms with Crippen molar-refractivity contribution in [2.24, 2.45) is 0 Å². The molecule has 0 aromatic rings. The number of hydrogen-bond donors (Lipinski definition) is 7. The van der Waals surface area contributed by atoms with E-state index >= 15 is 0 Å². The van der Waals surface area contributed by atoms with Crippen molar-refractivity contribution in [3.8, 4) is 0 Å². The number of carbonyl (C=O) groups is 2. The Morgan fingerprint density at radius 1 is 0.471 bits per heavy atom. The lowest BCUT2D eigenvalue weighted by atomic mass is 9.98. The molecule has 4 unspecified atom stereocenters. The highest BCUT2D eigenvalue weighted by Gasteiger charge is 2.47. The standard InChI is InChI=1S/C55H90O15/c1-3-5-7-9-11-13-15-17-19-20-21-22-24-26-28-30-32-34-36-38-47(58)68-43(40-65-46(57)37-35-33-31-29-27-25-23-18-16-14-12-10-8-6-4-2)41-66-54-53(64)51(62)49(60)45(70-54)42-67-55-52(63)50(61)48(59)44(39-56)69-55/h5,7,11,13,17,19,21-22,26,28,31-34,43-45,48-56,59-64H,3-4,6,8-10,12,14-16,18,20,23-25,27,29-30,35-42H2,1-2H3/b7-5+,13-11+,19-17+,22-21+,28-26+,33-31+,34-32+/t43-,44+,45+,48-,49-,50?,51?,52?,53?,54+,55+/m1/s1. The quantitative estimate of drug-likeness (QED) is 0.0179. The Morgan fingerprint density at radius 2 is 0.900 bits per heavy atom. The summed E-state index contributed by atoms with van der Waals surface area (Å²) >= 11 is 0. The fourth-order valence-corrected chi connectivity index (χ4v) is 7.61. The normalized spacial score (nSPS) is 26.1. The van der Waals surface area contributed by atoms with E-state index < -0.39 is 99.3 Å². The second-order valence-corrected chi connectivity index (χ2v) is 18.0. The number of aliphatic hydroxyl groups excluding tert-OH is 7. The van der Waals surface area contributed by atoms with Crippen LogP contribution in [0.15, 0.2) is 85.1 Å². The number of unbranched alkanes of at least 4 members (excludes halogenated alkanes) is 11. The average molecular weight is 991 g/mol. The number of allylic oxidation sites excluding steroid dienone is 14. The molecule has 0 aromatic carbocycles. The molecule has 15 nitrogen and oxygen atoms in total. The summed E-state index contributed by atoms with van der Waals surface area (Å²) in [5.74, 6) is -1.09. The number of aliphatic hydroxyl groups is 7. The first-order valence-electron chi connectivity index (χ1n) is 26.2. The van der Waals surface area contributed by atoms with Crippen LogP contribution in [0.5, 0.6) is 0 Å². The highest BCUT2D eigenvalue weighted by Crippen LogP contribution is 2.26. The van der Waals surface area contributed by atoms with Gasteiger partial charge in [0, 0.05) is 12.8 Å². The zero-order valence-electron chi connectivity index (χ0n) is 42.2. The molecule has 2 fully saturated rings. The van der Waals surface area contributed by atoms with Gasteiger partial charge in [-0.15, -0.1) is 0 Å². The van der Waals surface area contributed by atoms with Crippen LogP contribution in [0.1, 0.15) is 155 Å². The molecular weight excluding hydrogens is 901 g/mol. The second kappa shape index (κ2) is 41.2. The van der Waals surface area contributed by atoms with Gasteiger partial charge in [-0.3, -0.25) is 9.59 Å². The van der Waals surface area contributed by atoms with Crippen LogP contribution in [0.2, 0.25) is 0 Å². The number of rotatable bonds is 39. The lowest BCUT2D eigenvalue weighted by Gasteiger charge is -2.42. The summed E-state index contributed by atoms with van der Waals surface area (Å²) in [5, 5.41) is 72.1. The van der Waals surface area contributed by atoms with Gasteiger partial charge in [0.1, 0.15) is 55.4 Å². The van der Waals surface area contributed by atoms with Crippen molar-refractivity contribution < 1.29 is 73.8 Å². The monoisotopic (exact) mass is 991 g/mol. The summed E-state index contributed by atoms with van der Waals surface area (Å²) in [6.45, 7) is 2.34. The molecule has 400 valence electrons. The molecule has 2 aliphatic heterocycles. The second-order valence-electron chi connectivity index (χ2n) is 18.0. The third-order valence-electron chi connectivity index (χ3n) is 11.9. The average Bonchev–Trinajstić information content (AvgIpc) is 3.35. The van der Waals surface area contributed by atoms with E-state index in [1.165, 1.54) is 64.2 Å². The van der Waals surface area contributed by atoms with Crippen molar-refractivity contribution >= 4 is 11.9 Å². The molecule has 0 radical (unpaired) electrons. The molecular formula is C55H90O15. The zero-order chi connectivity index (χ0) is 51.0. The molecule has 0 saturated carbocycles. The van der Waals surface area contributed by atoms with Crippen LogP contribution in [0.25, 0.3) is 0 Å². The lowest BCUT2D eigenvalue weighted by Crippen LogP contribution is -2.61. The summed E-state index contributed by atoms with van der Waals surface area (Å²) < 4.78 is 33.4. The highest BCUT2D eigenvalue weighted by molar-refractivity contribution is 5.70. The van der Waals surface area contributed by atoms with E-state index in [9.17, 15) is 45.3 Å². The highest BCUT2D eigenvalue weighted by atomic mass is 16.7. The summed E-state index contributed by atoms with van der Waals surface area (Å²) in [6, 6.07) is 0. The van der Waals surface area contributed by atoms with Gasteiger partial charge in [-0.25, -0.2) is 0 Å². The van der Waals surface area contributed by atoms with Crippen molar-refractivity contribution in [2.75, 3.05) is 26.4 Å². The minimum Gasteiger partial charge on any atom is -0.462 e. The van der Waals surface area contributed by atoms with E-state index in [2.05, 4.69) is 74.6 Å². The predicted octanol–water partition coefficient (Wildman–Crippen LogP) is 7.60. The van der Waals surface area contributed by atoms with E-state index in [0.29, 0.717) is 19.3 Å². The Morgan fingerprint density at radius 3 is 1.43 bits per heavy atom. The first kappa shape index (κ1) is 62.8. The molecule has 70 heavy (non-hydrogen) atoms. The van der Waals surface area contributed by atoms with Gasteiger partial charge in [-0.2, -0.15) is 0 Å². The molecule has 2 aliphatic rings. The van der Waals surface area contributed by atoms with Crippen LogP contribution < -0.4 is 0 Å². The molecule has 2 rings (SSSR count). The van der Waals surface area contributed by atoms with Crippen molar-refractivity contribution in [1.29, 1.82) is 0 Å². The third-order valence-corrected chi connectivity index (χ3v) is 11.9. The Hall–Kier alpha value is -3.32. The number of hydrogen-bond acceptors (Lipinski definition) is 15. The van der Waals surface area contributed by atoms with Crippen molar-refractivity contribution in [1.82, 2.24) is 0 Å². The molecule has 11 atom stereocenters. The van der Waals surface area contributed by atoms with Crippen LogP contribution in [0.3, 0.4) is 0 Å². The smallest absolute Gasteiger partial charge is 0.306 e. The maximum absolute atomic E-state index is 13.0. The third kappa shape index (κ3) is 28.7. The SMILES string of the molecule is CC/C=C/C/C=C/C/C=C/C/C=C/C/C=C/C/C=C/CCC(=O)O[C@H](COC(=O)CC/C=C/CCCCCCCCCCCCC)CO[C@H]1O[C@@H](CO[C@H]2O[C@@H](CO)[C@@H](O)C(O)C2O)[C@@H](O)C(O)C1O. The van der Waals surface area contributed by atoms with Crippen LogP contribution in [-0.4, -0.2) is 142 Å². The minimum atomic E-state index is -1.79. The van der Waals surface area contributed by atoms with Crippen molar-refractivity contribution in [2.45, 2.75) is 223 Å². The van der Waals surface area contributed by atoms with Gasteiger partial charge in [0.2, 0.25) is 0 Å². The Balaban J connectivity index is 1.86. The fraction of sp³-hybridized carbons (Fsp3) is 0.709. The van der Waals surface area contributed by atoms with Crippen LogP contribution in [0.4, 0.5) is 0 Å². The molecule has 15 heteroatoms. The van der Waals surface area contributed by atoms with E-state index in [0.717, 1.165) is 44.9 Å². The molecule has 0 aromatic heterocycles. The van der Waals surface area contributed by atoms with E-state index in [1.54, 1.807) is 0 Å². The van der Waals surface area contributed by atoms with Gasteiger partial charge < -0.3 is 64.2 Å². The Bertz CT molecular complexity index is 1540. The van der Waals surface area contributed by atoms with Crippen LogP contribution in [0, 0.1) is 0 Å². The Labute approximate surface area is 418 Å². The number of carbonyl (C=O) groups excluding carboxylic acids is 2. The molecule has 0 bridgehead atoms. The summed E-state index contributed by atoms with van der Waals surface area (Å²) in [4.78, 5) is 25.7. The molecule has 7 N–H and O–H groups in total. The predicted molar refractivity (Wildman–Crippen MR) is 270 cm³/mol. The van der Waals surface area contributed by atoms with Crippen molar-refractivity contribution in [3.63, 3.8) is 0 Å². The van der Waals surface area contributed by atoms with Gasteiger partial charge in [0.05, 0.1) is 19.8 Å². The fourth-order valence-electron chi connectivity index (χ4n) is 7.61. The first-order chi connectivity index (χ1) is 34.0. The van der Waals surface area contributed by atoms with Gasteiger partial charge in [0.15, 0.2) is 18.7 Å². The van der Waals surface area contributed by atoms with E-state index in [4.69, 9.17) is 28.4 Å². The minimum absolute atomic E-state index is 0.0291. The lowest BCUT2D eigenvalue weighted by molar-refractivity contribution is -0.332. The van der Waals surface area contributed by atoms with Gasteiger partial charge in [0.25, 0.3) is 0 Å². The van der Waals surface area contributed by atoms with Crippen LogP contribution >= 0.6 is 0 Å². The number of esters is 2. The van der Waals surface area contributed by atoms with Crippen LogP contribution in [-0.2, 0) is 38.0 Å². The van der Waals surface area contributed by atoms with Crippen molar-refractivity contribution in [3.05, 3.63) is 85.1 Å². The first-order valence-corrected chi connectivity index (χ1v) is 26.2. The molecule has 2 saturated heterocycles. The molecule has 0 spiro atoms. The summed E-state index contributed by atoms with van der Waals surface area (Å²) in [6.07, 6.45) is 33.5. The van der Waals surface area contributed by atoms with Gasteiger partial charge >= 0.3 is 11.9 Å². The molecule has 0 aliphatic carbocycles. The molecule has 0 amide bonds. The summed E-state index contributed by atoms with van der Waals surface area (Å²) in [7, 11) is 0. The summed E-state index contributed by atoms with van der Waals surface area (Å²) in [5.41, 5.74) is 0. The maximum atomic E-state index is 13.0. The number of ether oxygens (including phenoxy) is 6. The van der Waals surface area contributed by atoms with E-state index in [1.807, 2.05) is 24.3 Å². The largest absolute Gasteiger partial charge is 0.462 e. The Kier molecular flexibility index (Phi) is 36.9. The topological polar surface area (TPSA) is 231 Å². The van der Waals surface area contributed by atoms with Gasteiger partial charge in [-0.05, 0) is 64.2 Å². The molecule has 2 heterocycles.